The zero-order valence-corrected chi connectivity index (χ0v) is 16.5. The number of aliphatic imine (C=N–C) groups is 1. The Bertz CT molecular complexity index is 502. The first kappa shape index (κ1) is 20.3. The molecular formula is C17H35N3O2S. The van der Waals surface area contributed by atoms with Crippen molar-refractivity contribution in [3.63, 3.8) is 0 Å². The van der Waals surface area contributed by atoms with Crippen molar-refractivity contribution in [2.45, 2.75) is 66.3 Å². The van der Waals surface area contributed by atoms with Crippen molar-refractivity contribution < 1.29 is 8.42 Å². The van der Waals surface area contributed by atoms with E-state index in [0.29, 0.717) is 18.0 Å². The quantitative estimate of drug-likeness (QED) is 0.524. The molecule has 1 unspecified atom stereocenters. The zero-order chi connectivity index (χ0) is 17.7. The van der Waals surface area contributed by atoms with Crippen molar-refractivity contribution in [3.8, 4) is 0 Å². The van der Waals surface area contributed by atoms with Crippen molar-refractivity contribution in [1.82, 2.24) is 10.6 Å². The first-order valence-corrected chi connectivity index (χ1v) is 10.7. The van der Waals surface area contributed by atoms with Crippen LogP contribution in [-0.2, 0) is 9.84 Å². The Hall–Kier alpha value is -0.780. The molecule has 1 aliphatic rings. The van der Waals surface area contributed by atoms with Gasteiger partial charge in [0.2, 0.25) is 0 Å². The van der Waals surface area contributed by atoms with Gasteiger partial charge in [0.05, 0.1) is 5.75 Å². The summed E-state index contributed by atoms with van der Waals surface area (Å²) in [5, 5.41) is 6.71. The van der Waals surface area contributed by atoms with Crippen LogP contribution in [0, 0.1) is 10.8 Å². The van der Waals surface area contributed by atoms with Crippen LogP contribution in [0.5, 0.6) is 0 Å². The number of hydrogen-bond acceptors (Lipinski definition) is 3. The van der Waals surface area contributed by atoms with Gasteiger partial charge in [0.1, 0.15) is 9.84 Å². The van der Waals surface area contributed by atoms with Crippen LogP contribution < -0.4 is 10.6 Å². The maximum absolute atomic E-state index is 11.5. The van der Waals surface area contributed by atoms with Crippen LogP contribution in [0.15, 0.2) is 4.99 Å². The molecule has 0 radical (unpaired) electrons. The monoisotopic (exact) mass is 345 g/mol. The summed E-state index contributed by atoms with van der Waals surface area (Å²) in [5.41, 5.74) is 0.212. The van der Waals surface area contributed by atoms with Crippen molar-refractivity contribution in [2.24, 2.45) is 15.8 Å². The number of rotatable bonds is 8. The van der Waals surface area contributed by atoms with E-state index in [2.05, 4.69) is 43.3 Å². The molecule has 0 aromatic heterocycles. The van der Waals surface area contributed by atoms with Gasteiger partial charge < -0.3 is 10.6 Å². The van der Waals surface area contributed by atoms with Crippen LogP contribution in [0.4, 0.5) is 0 Å². The molecule has 0 aliphatic heterocycles. The summed E-state index contributed by atoms with van der Waals surface area (Å²) in [7, 11) is -2.94. The lowest BCUT2D eigenvalue weighted by molar-refractivity contribution is 0.346. The fraction of sp³-hybridized carbons (Fsp3) is 0.941. The van der Waals surface area contributed by atoms with E-state index in [4.69, 9.17) is 0 Å². The summed E-state index contributed by atoms with van der Waals surface area (Å²) in [5.74, 6) is 1.05. The van der Waals surface area contributed by atoms with Gasteiger partial charge in [0, 0.05) is 30.8 Å². The van der Waals surface area contributed by atoms with Gasteiger partial charge in [-0.05, 0) is 44.9 Å². The summed E-state index contributed by atoms with van der Waals surface area (Å²) in [6.45, 7) is 12.4. The van der Waals surface area contributed by atoms with Crippen molar-refractivity contribution >= 4 is 15.8 Å². The van der Waals surface area contributed by atoms with E-state index in [1.165, 1.54) is 6.26 Å². The highest BCUT2D eigenvalue weighted by Gasteiger charge is 2.45. The molecule has 23 heavy (non-hydrogen) atoms. The van der Waals surface area contributed by atoms with Crippen LogP contribution in [0.3, 0.4) is 0 Å². The van der Waals surface area contributed by atoms with Crippen LogP contribution in [0.1, 0.15) is 60.3 Å². The molecule has 6 heteroatoms. The van der Waals surface area contributed by atoms with Gasteiger partial charge in [-0.25, -0.2) is 8.42 Å². The van der Waals surface area contributed by atoms with Gasteiger partial charge in [0.25, 0.3) is 0 Å². The van der Waals surface area contributed by atoms with E-state index < -0.39 is 9.84 Å². The number of guanidine groups is 1. The fourth-order valence-corrected chi connectivity index (χ4v) is 4.10. The van der Waals surface area contributed by atoms with Crippen LogP contribution in [-0.4, -0.2) is 45.5 Å². The standard InChI is InChI=1S/C17H35N3O2S/c1-7-18-15(20-14(2)8-9-16(3,4)5)19-12-17(10-11-17)13-23(6,21)22/h14H,7-13H2,1-6H3,(H2,18,19,20). The SMILES string of the molecule is CCNC(=NCC1(CS(C)(=O)=O)CC1)NC(C)CCC(C)(C)C. The van der Waals surface area contributed by atoms with Gasteiger partial charge in [-0.3, -0.25) is 4.99 Å². The van der Waals surface area contributed by atoms with Gasteiger partial charge in [-0.1, -0.05) is 20.8 Å². The predicted molar refractivity (Wildman–Crippen MR) is 98.6 cm³/mol. The van der Waals surface area contributed by atoms with Gasteiger partial charge in [-0.2, -0.15) is 0 Å². The van der Waals surface area contributed by atoms with E-state index in [0.717, 1.165) is 38.2 Å². The highest BCUT2D eigenvalue weighted by Crippen LogP contribution is 2.46. The molecule has 136 valence electrons. The first-order valence-electron chi connectivity index (χ1n) is 8.67. The first-order chi connectivity index (χ1) is 10.4. The van der Waals surface area contributed by atoms with Crippen LogP contribution in [0.2, 0.25) is 0 Å². The second kappa shape index (κ2) is 7.86. The highest BCUT2D eigenvalue weighted by molar-refractivity contribution is 7.90. The van der Waals surface area contributed by atoms with Gasteiger partial charge in [-0.15, -0.1) is 0 Å². The number of hydrogen-bond donors (Lipinski definition) is 2. The maximum atomic E-state index is 11.5. The maximum Gasteiger partial charge on any atom is 0.191 e. The summed E-state index contributed by atoms with van der Waals surface area (Å²) in [4.78, 5) is 4.65. The smallest absolute Gasteiger partial charge is 0.191 e. The predicted octanol–water partition coefficient (Wildman–Crippen LogP) is 2.58. The molecule has 1 atom stereocenters. The van der Waals surface area contributed by atoms with Crippen LogP contribution >= 0.6 is 0 Å². The lowest BCUT2D eigenvalue weighted by Crippen LogP contribution is -2.43. The largest absolute Gasteiger partial charge is 0.357 e. The second-order valence-electron chi connectivity index (χ2n) is 8.41. The Morgan fingerprint density at radius 2 is 1.91 bits per heavy atom. The summed E-state index contributed by atoms with van der Waals surface area (Å²) < 4.78 is 23.1. The molecule has 0 spiro atoms. The molecule has 0 bridgehead atoms. The minimum absolute atomic E-state index is 0.120. The van der Waals surface area contributed by atoms with E-state index >= 15 is 0 Å². The Labute approximate surface area is 142 Å². The summed E-state index contributed by atoms with van der Waals surface area (Å²) >= 11 is 0. The van der Waals surface area contributed by atoms with Gasteiger partial charge in [0.15, 0.2) is 5.96 Å². The Morgan fingerprint density at radius 3 is 2.35 bits per heavy atom. The van der Waals surface area contributed by atoms with Gasteiger partial charge >= 0.3 is 0 Å². The molecule has 5 nitrogen and oxygen atoms in total. The average Bonchev–Trinajstić information content (AvgIpc) is 3.11. The fourth-order valence-electron chi connectivity index (χ4n) is 2.60. The van der Waals surface area contributed by atoms with E-state index in [1.54, 1.807) is 0 Å². The third-order valence-electron chi connectivity index (χ3n) is 4.15. The molecule has 0 saturated heterocycles. The Kier molecular flexibility index (Phi) is 6.93. The molecule has 0 aromatic carbocycles. The molecule has 1 saturated carbocycles. The minimum atomic E-state index is -2.94. The molecule has 0 amide bonds. The van der Waals surface area contributed by atoms with E-state index in [9.17, 15) is 8.42 Å². The molecule has 2 N–H and O–H groups in total. The van der Waals surface area contributed by atoms with Crippen molar-refractivity contribution in [1.29, 1.82) is 0 Å². The molecule has 0 aromatic rings. The minimum Gasteiger partial charge on any atom is -0.357 e. The summed E-state index contributed by atoms with van der Waals surface area (Å²) in [6, 6.07) is 0.345. The van der Waals surface area contributed by atoms with Crippen molar-refractivity contribution in [3.05, 3.63) is 0 Å². The highest BCUT2D eigenvalue weighted by atomic mass is 32.2. The topological polar surface area (TPSA) is 70.6 Å². The Morgan fingerprint density at radius 1 is 1.30 bits per heavy atom. The number of nitrogens with zero attached hydrogens (tertiary/aromatic N) is 1. The Balaban J connectivity index is 2.57. The molecular weight excluding hydrogens is 310 g/mol. The zero-order valence-electron chi connectivity index (χ0n) is 15.7. The number of sulfone groups is 1. The molecule has 1 rings (SSSR count). The molecule has 0 heterocycles. The van der Waals surface area contributed by atoms with E-state index in [-0.39, 0.29) is 11.2 Å². The normalized spacial score (nSPS) is 19.3. The second-order valence-corrected chi connectivity index (χ2v) is 10.6. The number of nitrogens with one attached hydrogen (secondary N) is 2. The average molecular weight is 346 g/mol. The third kappa shape index (κ3) is 9.18. The lowest BCUT2D eigenvalue weighted by atomic mass is 9.89. The summed E-state index contributed by atoms with van der Waals surface area (Å²) in [6.07, 6.45) is 5.47. The third-order valence-corrected chi connectivity index (χ3v) is 5.29. The lowest BCUT2D eigenvalue weighted by Gasteiger charge is -2.23. The van der Waals surface area contributed by atoms with E-state index in [1.807, 2.05) is 6.92 Å². The molecule has 1 aliphatic carbocycles. The van der Waals surface area contributed by atoms with Crippen LogP contribution in [0.25, 0.3) is 0 Å². The van der Waals surface area contributed by atoms with Crippen molar-refractivity contribution in [2.75, 3.05) is 25.1 Å². The molecule has 1 fully saturated rings.